The molecule has 110 valence electrons. The van der Waals surface area contributed by atoms with Crippen molar-refractivity contribution >= 4 is 17.3 Å². The summed E-state index contributed by atoms with van der Waals surface area (Å²) in [6.45, 7) is 1.20. The van der Waals surface area contributed by atoms with Crippen LogP contribution in [0.1, 0.15) is 23.2 Å². The molecule has 0 spiro atoms. The van der Waals surface area contributed by atoms with Gasteiger partial charge in [0.1, 0.15) is 0 Å². The molecule has 0 saturated carbocycles. The van der Waals surface area contributed by atoms with Gasteiger partial charge >= 0.3 is 0 Å². The molecule has 1 saturated heterocycles. The fraction of sp³-hybridized carbons (Fsp3) is 0.500. The van der Waals surface area contributed by atoms with Crippen molar-refractivity contribution in [3.8, 4) is 0 Å². The second kappa shape index (κ2) is 6.11. The number of aliphatic hydroxyl groups excluding tert-OH is 1. The number of carbonyl (C=O) groups is 1. The standard InChI is InChI=1S/C14H21N3O3/c1-16-13(19)10-2-3-11(15)12(8-10)17-14(9-18)4-6-20-7-5-14/h2-3,8,17-18H,4-7,9,15H2,1H3,(H,16,19). The third kappa shape index (κ3) is 3.02. The molecule has 0 atom stereocenters. The molecule has 1 heterocycles. The van der Waals surface area contributed by atoms with Crippen molar-refractivity contribution in [3.63, 3.8) is 0 Å². The molecular weight excluding hydrogens is 258 g/mol. The zero-order valence-electron chi connectivity index (χ0n) is 11.6. The molecular formula is C14H21N3O3. The average molecular weight is 279 g/mol. The monoisotopic (exact) mass is 279 g/mol. The van der Waals surface area contributed by atoms with Crippen LogP contribution in [0, 0.1) is 0 Å². The smallest absolute Gasteiger partial charge is 0.251 e. The Morgan fingerprint density at radius 2 is 2.15 bits per heavy atom. The Morgan fingerprint density at radius 3 is 2.75 bits per heavy atom. The van der Waals surface area contributed by atoms with E-state index in [4.69, 9.17) is 10.5 Å². The lowest BCUT2D eigenvalue weighted by molar-refractivity contribution is 0.0380. The molecule has 1 amide bonds. The highest BCUT2D eigenvalue weighted by molar-refractivity contribution is 5.96. The number of rotatable bonds is 4. The molecule has 6 nitrogen and oxygen atoms in total. The van der Waals surface area contributed by atoms with Crippen LogP contribution in [0.4, 0.5) is 11.4 Å². The molecule has 1 aliphatic heterocycles. The molecule has 5 N–H and O–H groups in total. The summed E-state index contributed by atoms with van der Waals surface area (Å²) in [5, 5.41) is 15.6. The van der Waals surface area contributed by atoms with Gasteiger partial charge in [0.2, 0.25) is 0 Å². The summed E-state index contributed by atoms with van der Waals surface area (Å²) in [6.07, 6.45) is 1.40. The van der Waals surface area contributed by atoms with Gasteiger partial charge in [0.05, 0.1) is 23.5 Å². The van der Waals surface area contributed by atoms with Gasteiger partial charge in [-0.2, -0.15) is 0 Å². The number of nitrogen functional groups attached to an aromatic ring is 1. The topological polar surface area (TPSA) is 96.6 Å². The SMILES string of the molecule is CNC(=O)c1ccc(N)c(NC2(CO)CCOCC2)c1. The number of anilines is 2. The van der Waals surface area contributed by atoms with Crippen LogP contribution in [-0.4, -0.2) is 43.4 Å². The first kappa shape index (κ1) is 14.6. The van der Waals surface area contributed by atoms with E-state index < -0.39 is 5.54 Å². The third-order valence-corrected chi connectivity index (χ3v) is 3.69. The maximum absolute atomic E-state index is 11.7. The third-order valence-electron chi connectivity index (χ3n) is 3.69. The fourth-order valence-electron chi connectivity index (χ4n) is 2.32. The molecule has 1 aliphatic rings. The Labute approximate surface area is 118 Å². The number of hydrogen-bond acceptors (Lipinski definition) is 5. The molecule has 0 aromatic heterocycles. The van der Waals surface area contributed by atoms with E-state index in [1.807, 2.05) is 0 Å². The van der Waals surface area contributed by atoms with Gasteiger partial charge in [0.25, 0.3) is 5.91 Å². The summed E-state index contributed by atoms with van der Waals surface area (Å²) in [7, 11) is 1.58. The van der Waals surface area contributed by atoms with Crippen LogP contribution >= 0.6 is 0 Å². The first-order valence-corrected chi connectivity index (χ1v) is 6.69. The fourth-order valence-corrected chi connectivity index (χ4v) is 2.32. The molecule has 1 fully saturated rings. The highest BCUT2D eigenvalue weighted by Crippen LogP contribution is 2.29. The van der Waals surface area contributed by atoms with Crippen LogP contribution in [0.25, 0.3) is 0 Å². The van der Waals surface area contributed by atoms with E-state index in [1.54, 1.807) is 25.2 Å². The maximum Gasteiger partial charge on any atom is 0.251 e. The second-order valence-electron chi connectivity index (χ2n) is 5.06. The Morgan fingerprint density at radius 1 is 1.45 bits per heavy atom. The van der Waals surface area contributed by atoms with Crippen molar-refractivity contribution in [2.24, 2.45) is 0 Å². The summed E-state index contributed by atoms with van der Waals surface area (Å²) < 4.78 is 5.33. The van der Waals surface area contributed by atoms with Crippen LogP contribution in [0.2, 0.25) is 0 Å². The molecule has 0 unspecified atom stereocenters. The lowest BCUT2D eigenvalue weighted by Gasteiger charge is -2.37. The van der Waals surface area contributed by atoms with Crippen LogP contribution in [0.5, 0.6) is 0 Å². The Hall–Kier alpha value is -1.79. The van der Waals surface area contributed by atoms with Gasteiger partial charge in [-0.25, -0.2) is 0 Å². The van der Waals surface area contributed by atoms with Crippen molar-refractivity contribution < 1.29 is 14.6 Å². The zero-order valence-corrected chi connectivity index (χ0v) is 11.6. The molecule has 0 radical (unpaired) electrons. The molecule has 1 aromatic rings. The van der Waals surface area contributed by atoms with Gasteiger partial charge in [-0.05, 0) is 31.0 Å². The summed E-state index contributed by atoms with van der Waals surface area (Å²) in [4.78, 5) is 11.7. The lowest BCUT2D eigenvalue weighted by atomic mass is 9.90. The summed E-state index contributed by atoms with van der Waals surface area (Å²) in [5.74, 6) is -0.168. The average Bonchev–Trinajstić information content (AvgIpc) is 2.49. The molecule has 0 aliphatic carbocycles. The molecule has 20 heavy (non-hydrogen) atoms. The quantitative estimate of drug-likeness (QED) is 0.605. The largest absolute Gasteiger partial charge is 0.397 e. The number of hydrogen-bond donors (Lipinski definition) is 4. The molecule has 1 aromatic carbocycles. The van der Waals surface area contributed by atoms with Gasteiger partial charge in [-0.15, -0.1) is 0 Å². The Bertz CT molecular complexity index is 485. The van der Waals surface area contributed by atoms with Crippen molar-refractivity contribution in [1.29, 1.82) is 0 Å². The van der Waals surface area contributed by atoms with Crippen LogP contribution in [0.3, 0.4) is 0 Å². The van der Waals surface area contributed by atoms with Crippen molar-refractivity contribution in [2.45, 2.75) is 18.4 Å². The minimum Gasteiger partial charge on any atom is -0.397 e. The summed E-state index contributed by atoms with van der Waals surface area (Å²) >= 11 is 0. The van der Waals surface area contributed by atoms with Crippen molar-refractivity contribution in [2.75, 3.05) is 37.9 Å². The normalized spacial score (nSPS) is 17.5. The minimum atomic E-state index is -0.437. The van der Waals surface area contributed by atoms with Crippen molar-refractivity contribution in [3.05, 3.63) is 23.8 Å². The Balaban J connectivity index is 2.25. The van der Waals surface area contributed by atoms with E-state index in [0.29, 0.717) is 43.0 Å². The number of carbonyl (C=O) groups excluding carboxylic acids is 1. The van der Waals surface area contributed by atoms with E-state index in [1.165, 1.54) is 0 Å². The van der Waals surface area contributed by atoms with Gasteiger partial charge in [-0.3, -0.25) is 4.79 Å². The molecule has 6 heteroatoms. The number of nitrogens with two attached hydrogens (primary N) is 1. The van der Waals surface area contributed by atoms with E-state index in [-0.39, 0.29) is 12.5 Å². The van der Waals surface area contributed by atoms with Crippen LogP contribution in [-0.2, 0) is 4.74 Å². The second-order valence-corrected chi connectivity index (χ2v) is 5.06. The molecule has 2 rings (SSSR count). The number of aliphatic hydroxyl groups is 1. The first-order valence-electron chi connectivity index (χ1n) is 6.69. The van der Waals surface area contributed by atoms with Crippen molar-refractivity contribution in [1.82, 2.24) is 5.32 Å². The molecule has 0 bridgehead atoms. The highest BCUT2D eigenvalue weighted by atomic mass is 16.5. The van der Waals surface area contributed by atoms with E-state index in [2.05, 4.69) is 10.6 Å². The number of benzene rings is 1. The first-order chi connectivity index (χ1) is 9.60. The van der Waals surface area contributed by atoms with E-state index >= 15 is 0 Å². The maximum atomic E-state index is 11.7. The van der Waals surface area contributed by atoms with Gasteiger partial charge < -0.3 is 26.2 Å². The van der Waals surface area contributed by atoms with Gasteiger partial charge in [0, 0.05) is 25.8 Å². The summed E-state index contributed by atoms with van der Waals surface area (Å²) in [5.41, 5.74) is 7.27. The number of ether oxygens (including phenoxy) is 1. The predicted octanol–water partition coefficient (Wildman–Crippen LogP) is 0.582. The van der Waals surface area contributed by atoms with Crippen LogP contribution < -0.4 is 16.4 Å². The zero-order chi connectivity index (χ0) is 14.6. The lowest BCUT2D eigenvalue weighted by Crippen LogP contribution is -2.47. The predicted molar refractivity (Wildman–Crippen MR) is 77.7 cm³/mol. The minimum absolute atomic E-state index is 0.00000181. The highest BCUT2D eigenvalue weighted by Gasteiger charge is 2.32. The summed E-state index contributed by atoms with van der Waals surface area (Å²) in [6, 6.07) is 5.08. The van der Waals surface area contributed by atoms with E-state index in [9.17, 15) is 9.90 Å². The Kier molecular flexibility index (Phi) is 4.46. The number of amides is 1. The van der Waals surface area contributed by atoms with Gasteiger partial charge in [-0.1, -0.05) is 0 Å². The van der Waals surface area contributed by atoms with E-state index in [0.717, 1.165) is 0 Å². The van der Waals surface area contributed by atoms with Crippen LogP contribution in [0.15, 0.2) is 18.2 Å². The number of nitrogens with one attached hydrogen (secondary N) is 2. The van der Waals surface area contributed by atoms with Gasteiger partial charge in [0.15, 0.2) is 0 Å².